The summed E-state index contributed by atoms with van der Waals surface area (Å²) in [5, 5.41) is 13.8. The molecule has 2 N–H and O–H groups in total. The number of hydrogen-bond acceptors (Lipinski definition) is 9. The Morgan fingerprint density at radius 2 is 1.59 bits per heavy atom. The quantitative estimate of drug-likeness (QED) is 0.141. The van der Waals surface area contributed by atoms with Crippen molar-refractivity contribution in [2.24, 2.45) is 0 Å². The third kappa shape index (κ3) is 6.60. The summed E-state index contributed by atoms with van der Waals surface area (Å²) in [4.78, 5) is 38.1. The Hall–Kier alpha value is -6.29. The monoisotopic (exact) mass is 584 g/mol. The van der Waals surface area contributed by atoms with Crippen molar-refractivity contribution in [1.82, 2.24) is 15.0 Å². The van der Waals surface area contributed by atoms with Crippen LogP contribution in [0.15, 0.2) is 122 Å². The number of carbonyl (C=O) groups excluding carboxylic acids is 2. The smallest absolute Gasteiger partial charge is 0.504 e. The standard InChI is InChI=1S/C34H24N4O6/c39-29-18-25-28(19-31(29)44-34(41)42-21-22-8-3-1-4-9-22)35-17-16-30(25)43-24-14-15-32(36-20-24)38-33(40)27-13-7-12-26(37-27)23-10-5-2-6-11-23/h1-20,39H,21H2,(H,36,38,40). The molecule has 0 saturated heterocycles. The first-order chi connectivity index (χ1) is 21.5. The first kappa shape index (κ1) is 27.9. The fraction of sp³-hybridized carbons (Fsp3) is 0.0294. The zero-order valence-electron chi connectivity index (χ0n) is 23.1. The number of phenols is 1. The van der Waals surface area contributed by atoms with Gasteiger partial charge in [0.2, 0.25) is 0 Å². The van der Waals surface area contributed by atoms with Gasteiger partial charge in [0.25, 0.3) is 5.91 Å². The van der Waals surface area contributed by atoms with Crippen LogP contribution in [0.4, 0.5) is 10.6 Å². The van der Waals surface area contributed by atoms with Gasteiger partial charge < -0.3 is 24.6 Å². The Kier molecular flexibility index (Phi) is 8.04. The van der Waals surface area contributed by atoms with Crippen molar-refractivity contribution in [2.45, 2.75) is 6.61 Å². The summed E-state index contributed by atoms with van der Waals surface area (Å²) in [6, 6.07) is 31.7. The molecule has 0 aliphatic heterocycles. The van der Waals surface area contributed by atoms with Gasteiger partial charge >= 0.3 is 6.16 Å². The highest BCUT2D eigenvalue weighted by molar-refractivity contribution is 6.02. The number of aromatic nitrogens is 3. The predicted molar refractivity (Wildman–Crippen MR) is 163 cm³/mol. The van der Waals surface area contributed by atoms with Crippen molar-refractivity contribution >= 4 is 28.8 Å². The fourth-order valence-electron chi connectivity index (χ4n) is 4.30. The molecule has 0 saturated carbocycles. The number of fused-ring (bicyclic) bond motifs is 1. The molecule has 3 aromatic carbocycles. The molecule has 6 aromatic rings. The van der Waals surface area contributed by atoms with Gasteiger partial charge in [0, 0.05) is 23.2 Å². The highest BCUT2D eigenvalue weighted by Gasteiger charge is 2.16. The van der Waals surface area contributed by atoms with Crippen molar-refractivity contribution in [3.8, 4) is 34.3 Å². The van der Waals surface area contributed by atoms with Crippen molar-refractivity contribution in [2.75, 3.05) is 5.32 Å². The van der Waals surface area contributed by atoms with Gasteiger partial charge in [-0.1, -0.05) is 66.7 Å². The summed E-state index contributed by atoms with van der Waals surface area (Å²) in [5.74, 6) is 0.265. The molecule has 0 fully saturated rings. The Labute approximate surface area is 251 Å². The van der Waals surface area contributed by atoms with Crippen LogP contribution >= 0.6 is 0 Å². The van der Waals surface area contributed by atoms with Gasteiger partial charge in [-0.3, -0.25) is 9.78 Å². The third-order valence-corrected chi connectivity index (χ3v) is 6.43. The molecule has 0 bridgehead atoms. The minimum atomic E-state index is -0.964. The summed E-state index contributed by atoms with van der Waals surface area (Å²) in [7, 11) is 0. The molecular weight excluding hydrogens is 560 g/mol. The highest BCUT2D eigenvalue weighted by atomic mass is 16.7. The SMILES string of the molecule is O=C(OCc1ccccc1)Oc1cc2nccc(Oc3ccc(NC(=O)c4cccc(-c5ccccc5)n4)nc3)c2cc1O. The summed E-state index contributed by atoms with van der Waals surface area (Å²) in [6.45, 7) is 0.0269. The van der Waals surface area contributed by atoms with Crippen molar-refractivity contribution < 1.29 is 28.9 Å². The second kappa shape index (κ2) is 12.7. The number of aromatic hydroxyl groups is 1. The summed E-state index contributed by atoms with van der Waals surface area (Å²) in [6.07, 6.45) is 2.01. The van der Waals surface area contributed by atoms with Crippen LogP contribution < -0.4 is 14.8 Å². The van der Waals surface area contributed by atoms with Crippen LogP contribution in [0.5, 0.6) is 23.0 Å². The molecule has 0 atom stereocenters. The van der Waals surface area contributed by atoms with Crippen LogP contribution in [0.3, 0.4) is 0 Å². The molecule has 0 aliphatic carbocycles. The second-order valence-electron chi connectivity index (χ2n) is 9.48. The average Bonchev–Trinajstić information content (AvgIpc) is 3.06. The molecular formula is C34H24N4O6. The molecule has 10 heteroatoms. The van der Waals surface area contributed by atoms with Gasteiger partial charge in [-0.25, -0.2) is 14.8 Å². The van der Waals surface area contributed by atoms with Crippen molar-refractivity contribution in [1.29, 1.82) is 0 Å². The van der Waals surface area contributed by atoms with Crippen LogP contribution in [0.2, 0.25) is 0 Å². The van der Waals surface area contributed by atoms with Gasteiger partial charge in [-0.05, 0) is 42.0 Å². The number of hydrogen-bond donors (Lipinski definition) is 2. The average molecular weight is 585 g/mol. The van der Waals surface area contributed by atoms with Crippen LogP contribution in [0, 0.1) is 0 Å². The predicted octanol–water partition coefficient (Wildman–Crippen LogP) is 7.16. The topological polar surface area (TPSA) is 133 Å². The lowest BCUT2D eigenvalue weighted by Crippen LogP contribution is -2.14. The molecule has 44 heavy (non-hydrogen) atoms. The van der Waals surface area contributed by atoms with E-state index in [9.17, 15) is 14.7 Å². The molecule has 10 nitrogen and oxygen atoms in total. The number of carbonyl (C=O) groups is 2. The highest BCUT2D eigenvalue weighted by Crippen LogP contribution is 2.36. The number of amides is 1. The van der Waals surface area contributed by atoms with Gasteiger partial charge in [0.05, 0.1) is 17.4 Å². The Balaban J connectivity index is 1.11. The minimum Gasteiger partial charge on any atom is -0.504 e. The number of nitrogens with one attached hydrogen (secondary N) is 1. The summed E-state index contributed by atoms with van der Waals surface area (Å²) < 4.78 is 16.3. The summed E-state index contributed by atoms with van der Waals surface area (Å²) >= 11 is 0. The normalized spacial score (nSPS) is 10.6. The maximum atomic E-state index is 12.8. The lowest BCUT2D eigenvalue weighted by atomic mass is 10.1. The maximum Gasteiger partial charge on any atom is 0.514 e. The number of anilines is 1. The van der Waals surface area contributed by atoms with Gasteiger partial charge in [0.1, 0.15) is 29.6 Å². The van der Waals surface area contributed by atoms with Gasteiger partial charge in [0.15, 0.2) is 11.5 Å². The third-order valence-electron chi connectivity index (χ3n) is 6.43. The van der Waals surface area contributed by atoms with Gasteiger partial charge in [-0.15, -0.1) is 0 Å². The zero-order valence-corrected chi connectivity index (χ0v) is 23.1. The molecule has 0 aliphatic rings. The number of rotatable bonds is 8. The van der Waals surface area contributed by atoms with Gasteiger partial charge in [-0.2, -0.15) is 0 Å². The Morgan fingerprint density at radius 1 is 0.795 bits per heavy atom. The van der Waals surface area contributed by atoms with E-state index >= 15 is 0 Å². The summed E-state index contributed by atoms with van der Waals surface area (Å²) in [5.41, 5.74) is 3.06. The number of nitrogens with zero attached hydrogens (tertiary/aromatic N) is 3. The van der Waals surface area contributed by atoms with Crippen LogP contribution in [-0.4, -0.2) is 32.1 Å². The first-order valence-corrected chi connectivity index (χ1v) is 13.5. The molecule has 1 amide bonds. The maximum absolute atomic E-state index is 12.8. The minimum absolute atomic E-state index is 0.0269. The number of benzene rings is 3. The van der Waals surface area contributed by atoms with Crippen LogP contribution in [-0.2, 0) is 11.3 Å². The second-order valence-corrected chi connectivity index (χ2v) is 9.48. The van der Waals surface area contributed by atoms with E-state index in [0.717, 1.165) is 11.1 Å². The van der Waals surface area contributed by atoms with E-state index in [-0.39, 0.29) is 23.8 Å². The number of ether oxygens (including phenoxy) is 3. The Morgan fingerprint density at radius 3 is 2.36 bits per heavy atom. The van der Waals surface area contributed by atoms with Crippen molar-refractivity contribution in [3.05, 3.63) is 133 Å². The van der Waals surface area contributed by atoms with Crippen molar-refractivity contribution in [3.63, 3.8) is 0 Å². The first-order valence-electron chi connectivity index (χ1n) is 13.5. The fourth-order valence-corrected chi connectivity index (χ4v) is 4.30. The number of phenolic OH excluding ortho intramolecular Hbond substituents is 1. The van der Waals surface area contributed by atoms with E-state index in [2.05, 4.69) is 20.3 Å². The molecule has 3 heterocycles. The van der Waals surface area contributed by atoms with E-state index in [1.165, 1.54) is 24.5 Å². The molecule has 0 spiro atoms. The lowest BCUT2D eigenvalue weighted by molar-refractivity contribution is 0.0917. The number of pyridine rings is 3. The zero-order chi connectivity index (χ0) is 30.3. The van der Waals surface area contributed by atoms with E-state index in [1.807, 2.05) is 66.7 Å². The Bertz CT molecular complexity index is 1930. The van der Waals surface area contributed by atoms with Crippen LogP contribution in [0.1, 0.15) is 16.1 Å². The molecule has 6 rings (SSSR count). The molecule has 3 aromatic heterocycles. The van der Waals surface area contributed by atoms with E-state index in [1.54, 1.807) is 30.3 Å². The molecule has 216 valence electrons. The van der Waals surface area contributed by atoms with Crippen LogP contribution in [0.25, 0.3) is 22.2 Å². The molecule has 0 unspecified atom stereocenters. The van der Waals surface area contributed by atoms with E-state index in [4.69, 9.17) is 14.2 Å². The van der Waals surface area contributed by atoms with E-state index in [0.29, 0.717) is 33.9 Å². The molecule has 0 radical (unpaired) electrons. The largest absolute Gasteiger partial charge is 0.514 e. The lowest BCUT2D eigenvalue weighted by Gasteiger charge is -2.12. The van der Waals surface area contributed by atoms with E-state index < -0.39 is 12.1 Å².